The average Bonchev–Trinajstić information content (AvgIpc) is 2.63. The molecule has 0 heterocycles. The first-order valence-electron chi connectivity index (χ1n) is 8.87. The highest BCUT2D eigenvalue weighted by Crippen LogP contribution is 2.24. The lowest BCUT2D eigenvalue weighted by Crippen LogP contribution is -2.30. The molecule has 0 aliphatic carbocycles. The number of unbranched alkanes of at least 4 members (excludes halogenated alkanes) is 1. The number of carbonyl (C=O) groups excluding carboxylic acids is 1. The van der Waals surface area contributed by atoms with E-state index in [4.69, 9.17) is 10.5 Å². The molecule has 0 aliphatic heterocycles. The molecule has 2 unspecified atom stereocenters. The van der Waals surface area contributed by atoms with Crippen LogP contribution in [-0.4, -0.2) is 12.5 Å². The summed E-state index contributed by atoms with van der Waals surface area (Å²) in [5, 5.41) is 2.98. The molecule has 0 saturated carbocycles. The average molecular weight is 340 g/mol. The number of hydrogen-bond acceptors (Lipinski definition) is 3. The van der Waals surface area contributed by atoms with Gasteiger partial charge in [0.1, 0.15) is 5.75 Å². The fraction of sp³-hybridized carbons (Fsp3) is 0.381. The summed E-state index contributed by atoms with van der Waals surface area (Å²) in [6, 6.07) is 15.1. The molecular weight excluding hydrogens is 312 g/mol. The van der Waals surface area contributed by atoms with Crippen molar-refractivity contribution in [3.05, 3.63) is 59.7 Å². The van der Waals surface area contributed by atoms with Crippen molar-refractivity contribution in [2.75, 3.05) is 11.9 Å². The second-order valence-corrected chi connectivity index (χ2v) is 6.39. The lowest BCUT2D eigenvalue weighted by molar-refractivity contribution is -0.120. The fourth-order valence-corrected chi connectivity index (χ4v) is 2.57. The van der Waals surface area contributed by atoms with Crippen LogP contribution >= 0.6 is 0 Å². The summed E-state index contributed by atoms with van der Waals surface area (Å²) < 4.78 is 5.70. The van der Waals surface area contributed by atoms with Gasteiger partial charge in [0.05, 0.1) is 12.5 Å². The van der Waals surface area contributed by atoms with Gasteiger partial charge in [0.15, 0.2) is 0 Å². The maximum Gasteiger partial charge on any atom is 0.229 e. The van der Waals surface area contributed by atoms with Gasteiger partial charge >= 0.3 is 0 Å². The number of nitrogens with one attached hydrogen (secondary N) is 1. The topological polar surface area (TPSA) is 64.3 Å². The number of ether oxygens (including phenoxy) is 1. The van der Waals surface area contributed by atoms with E-state index in [2.05, 4.69) is 12.2 Å². The van der Waals surface area contributed by atoms with Gasteiger partial charge in [0, 0.05) is 11.7 Å². The first-order chi connectivity index (χ1) is 12.0. The zero-order valence-electron chi connectivity index (χ0n) is 15.3. The Balaban J connectivity index is 1.99. The molecule has 4 heteroatoms. The Morgan fingerprint density at radius 3 is 2.56 bits per heavy atom. The molecule has 2 aromatic carbocycles. The van der Waals surface area contributed by atoms with Gasteiger partial charge in [-0.2, -0.15) is 0 Å². The van der Waals surface area contributed by atoms with Gasteiger partial charge in [-0.25, -0.2) is 0 Å². The number of anilines is 1. The molecule has 0 fully saturated rings. The summed E-state index contributed by atoms with van der Waals surface area (Å²) >= 11 is 0. The van der Waals surface area contributed by atoms with Crippen LogP contribution in [0.4, 0.5) is 5.69 Å². The monoisotopic (exact) mass is 340 g/mol. The van der Waals surface area contributed by atoms with Crippen molar-refractivity contribution in [3.63, 3.8) is 0 Å². The SMILES string of the molecule is CCCCOc1ccc(NC(=O)C(C)C(N)c2ccccc2)c(C)c1. The number of benzene rings is 2. The predicted molar refractivity (Wildman–Crippen MR) is 103 cm³/mol. The molecule has 2 aromatic rings. The molecule has 2 atom stereocenters. The Labute approximate surface area is 150 Å². The number of aryl methyl sites for hydroxylation is 1. The molecule has 3 N–H and O–H groups in total. The minimum absolute atomic E-state index is 0.0842. The first-order valence-corrected chi connectivity index (χ1v) is 8.87. The van der Waals surface area contributed by atoms with Crippen molar-refractivity contribution >= 4 is 11.6 Å². The Morgan fingerprint density at radius 1 is 1.20 bits per heavy atom. The van der Waals surface area contributed by atoms with Crippen molar-refractivity contribution in [1.82, 2.24) is 0 Å². The third kappa shape index (κ3) is 5.33. The molecule has 0 spiro atoms. The second-order valence-electron chi connectivity index (χ2n) is 6.39. The van der Waals surface area contributed by atoms with Gasteiger partial charge in [-0.3, -0.25) is 4.79 Å². The van der Waals surface area contributed by atoms with Crippen LogP contribution < -0.4 is 15.8 Å². The summed E-state index contributed by atoms with van der Waals surface area (Å²) in [6.45, 7) is 6.66. The highest BCUT2D eigenvalue weighted by molar-refractivity contribution is 5.93. The van der Waals surface area contributed by atoms with Crippen LogP contribution in [0.25, 0.3) is 0 Å². The van der Waals surface area contributed by atoms with E-state index < -0.39 is 0 Å². The van der Waals surface area contributed by atoms with Gasteiger partial charge in [-0.15, -0.1) is 0 Å². The van der Waals surface area contributed by atoms with Gasteiger partial charge < -0.3 is 15.8 Å². The van der Waals surface area contributed by atoms with Crippen LogP contribution in [0.1, 0.15) is 43.9 Å². The van der Waals surface area contributed by atoms with E-state index in [1.165, 1.54) is 0 Å². The largest absolute Gasteiger partial charge is 0.494 e. The fourth-order valence-electron chi connectivity index (χ4n) is 2.57. The van der Waals surface area contributed by atoms with Crippen LogP contribution in [-0.2, 0) is 4.79 Å². The number of nitrogens with two attached hydrogens (primary N) is 1. The van der Waals surface area contributed by atoms with Crippen molar-refractivity contribution in [2.24, 2.45) is 11.7 Å². The molecule has 4 nitrogen and oxygen atoms in total. The minimum atomic E-state index is -0.335. The molecule has 0 radical (unpaired) electrons. The summed E-state index contributed by atoms with van der Waals surface area (Å²) in [5.74, 6) is 0.416. The highest BCUT2D eigenvalue weighted by atomic mass is 16.5. The van der Waals surface area contributed by atoms with Crippen molar-refractivity contribution in [3.8, 4) is 5.75 Å². The van der Waals surface area contributed by atoms with E-state index in [9.17, 15) is 4.79 Å². The third-order valence-corrected chi connectivity index (χ3v) is 4.36. The second kappa shape index (κ2) is 9.23. The molecule has 134 valence electrons. The van der Waals surface area contributed by atoms with Crippen LogP contribution in [0, 0.1) is 12.8 Å². The van der Waals surface area contributed by atoms with E-state index in [-0.39, 0.29) is 17.9 Å². The highest BCUT2D eigenvalue weighted by Gasteiger charge is 2.22. The summed E-state index contributed by atoms with van der Waals surface area (Å²) in [7, 11) is 0. The van der Waals surface area contributed by atoms with E-state index >= 15 is 0 Å². The van der Waals surface area contributed by atoms with Crippen molar-refractivity contribution in [1.29, 1.82) is 0 Å². The molecule has 0 aliphatic rings. The Bertz CT molecular complexity index is 686. The van der Waals surface area contributed by atoms with Gasteiger partial charge in [0.2, 0.25) is 5.91 Å². The standard InChI is InChI=1S/C21H28N2O2/c1-4-5-13-25-18-11-12-19(15(2)14-18)23-21(24)16(3)20(22)17-9-7-6-8-10-17/h6-12,14,16,20H,4-5,13,22H2,1-3H3,(H,23,24). The van der Waals surface area contributed by atoms with Crippen molar-refractivity contribution < 1.29 is 9.53 Å². The Morgan fingerprint density at radius 2 is 1.92 bits per heavy atom. The smallest absolute Gasteiger partial charge is 0.229 e. The molecule has 0 saturated heterocycles. The summed E-state index contributed by atoms with van der Waals surface area (Å²) in [6.07, 6.45) is 2.14. The van der Waals surface area contributed by atoms with Crippen molar-refractivity contribution in [2.45, 2.75) is 39.7 Å². The lowest BCUT2D eigenvalue weighted by Gasteiger charge is -2.20. The number of carbonyl (C=O) groups is 1. The number of amides is 1. The summed E-state index contributed by atoms with van der Waals surface area (Å²) in [5.41, 5.74) is 8.97. The third-order valence-electron chi connectivity index (χ3n) is 4.36. The van der Waals surface area contributed by atoms with Crippen LogP contribution in [0.3, 0.4) is 0 Å². The zero-order chi connectivity index (χ0) is 18.2. The first kappa shape index (κ1) is 19.0. The Hall–Kier alpha value is -2.33. The molecule has 2 rings (SSSR count). The molecule has 25 heavy (non-hydrogen) atoms. The van der Waals surface area contributed by atoms with E-state index in [1.54, 1.807) is 0 Å². The number of rotatable bonds is 8. The predicted octanol–water partition coefficient (Wildman–Crippen LogP) is 4.45. The van der Waals surface area contributed by atoms with Crippen LogP contribution in [0.2, 0.25) is 0 Å². The number of hydrogen-bond donors (Lipinski definition) is 2. The van der Waals surface area contributed by atoms with E-state index in [0.717, 1.165) is 35.4 Å². The van der Waals surface area contributed by atoms with Gasteiger partial charge in [-0.05, 0) is 42.7 Å². The molecule has 0 aromatic heterocycles. The quantitative estimate of drug-likeness (QED) is 0.698. The maximum atomic E-state index is 12.6. The normalized spacial score (nSPS) is 13.1. The minimum Gasteiger partial charge on any atom is -0.494 e. The summed E-state index contributed by atoms with van der Waals surface area (Å²) in [4.78, 5) is 12.6. The van der Waals surface area contributed by atoms with Crippen LogP contribution in [0.5, 0.6) is 5.75 Å². The zero-order valence-corrected chi connectivity index (χ0v) is 15.3. The van der Waals surface area contributed by atoms with Crippen LogP contribution in [0.15, 0.2) is 48.5 Å². The van der Waals surface area contributed by atoms with E-state index in [0.29, 0.717) is 6.61 Å². The molecular formula is C21H28N2O2. The maximum absolute atomic E-state index is 12.6. The van der Waals surface area contributed by atoms with Gasteiger partial charge in [0.25, 0.3) is 0 Å². The Kier molecular flexibility index (Phi) is 7.02. The molecule has 1 amide bonds. The van der Waals surface area contributed by atoms with Gasteiger partial charge in [-0.1, -0.05) is 50.6 Å². The molecule has 0 bridgehead atoms. The van der Waals surface area contributed by atoms with E-state index in [1.807, 2.05) is 62.4 Å². The lowest BCUT2D eigenvalue weighted by atomic mass is 9.94.